The molecule has 1 atom stereocenters. The number of rotatable bonds is 2. The second-order valence-electron chi connectivity index (χ2n) is 5.25. The van der Waals surface area contributed by atoms with Gasteiger partial charge in [0.2, 0.25) is 0 Å². The molecule has 2 aromatic rings. The summed E-state index contributed by atoms with van der Waals surface area (Å²) in [6, 6.07) is 14.2. The van der Waals surface area contributed by atoms with Crippen LogP contribution in [0.15, 0.2) is 53.4 Å². The molecule has 0 aromatic heterocycles. The first-order chi connectivity index (χ1) is 9.98. The second-order valence-corrected chi connectivity index (χ2v) is 7.11. The molecule has 1 aliphatic rings. The first-order valence-electron chi connectivity index (χ1n) is 6.83. The summed E-state index contributed by atoms with van der Waals surface area (Å²) < 4.78 is 33.0. The van der Waals surface area contributed by atoms with E-state index in [4.69, 9.17) is 4.74 Å². The average Bonchev–Trinajstić information content (AvgIpc) is 2.46. The lowest BCUT2D eigenvalue weighted by Gasteiger charge is -2.34. The summed E-state index contributed by atoms with van der Waals surface area (Å²) in [5, 5.41) is 0. The summed E-state index contributed by atoms with van der Waals surface area (Å²) in [7, 11) is -3.58. The van der Waals surface area contributed by atoms with Gasteiger partial charge in [-0.3, -0.25) is 4.31 Å². The van der Waals surface area contributed by atoms with Crippen LogP contribution in [0.1, 0.15) is 12.5 Å². The van der Waals surface area contributed by atoms with Crippen LogP contribution in [0.25, 0.3) is 0 Å². The SMILES string of the molecule is Cc1cccc(S(=O)(=O)N2CC(C)Oc3ccccc32)c1. The normalized spacial score (nSPS) is 18.0. The van der Waals surface area contributed by atoms with Crippen molar-refractivity contribution in [2.24, 2.45) is 0 Å². The maximum atomic E-state index is 12.9. The molecule has 0 fully saturated rings. The minimum atomic E-state index is -3.58. The van der Waals surface area contributed by atoms with Gasteiger partial charge in [0, 0.05) is 0 Å². The maximum Gasteiger partial charge on any atom is 0.264 e. The molecule has 4 nitrogen and oxygen atoms in total. The topological polar surface area (TPSA) is 46.6 Å². The smallest absolute Gasteiger partial charge is 0.264 e. The predicted molar refractivity (Wildman–Crippen MR) is 82.2 cm³/mol. The van der Waals surface area contributed by atoms with Gasteiger partial charge in [-0.25, -0.2) is 8.42 Å². The highest BCUT2D eigenvalue weighted by molar-refractivity contribution is 7.92. The Hall–Kier alpha value is -2.01. The molecule has 0 saturated heterocycles. The van der Waals surface area contributed by atoms with Gasteiger partial charge in [-0.1, -0.05) is 24.3 Å². The number of ether oxygens (including phenoxy) is 1. The van der Waals surface area contributed by atoms with Gasteiger partial charge >= 0.3 is 0 Å². The van der Waals surface area contributed by atoms with E-state index in [0.717, 1.165) is 5.56 Å². The van der Waals surface area contributed by atoms with Crippen LogP contribution in [0.3, 0.4) is 0 Å². The van der Waals surface area contributed by atoms with Crippen molar-refractivity contribution in [3.63, 3.8) is 0 Å². The Bertz CT molecular complexity index is 771. The van der Waals surface area contributed by atoms with Crippen molar-refractivity contribution < 1.29 is 13.2 Å². The van der Waals surface area contributed by atoms with Crippen molar-refractivity contribution in [2.75, 3.05) is 10.8 Å². The first kappa shape index (κ1) is 13.9. The first-order valence-corrected chi connectivity index (χ1v) is 8.27. The largest absolute Gasteiger partial charge is 0.487 e. The molecular weight excluding hydrogens is 286 g/mol. The number of sulfonamides is 1. The molecule has 2 aromatic carbocycles. The minimum absolute atomic E-state index is 0.181. The number of benzene rings is 2. The molecule has 0 amide bonds. The Labute approximate surface area is 125 Å². The van der Waals surface area contributed by atoms with Crippen LogP contribution in [0.4, 0.5) is 5.69 Å². The summed E-state index contributed by atoms with van der Waals surface area (Å²) in [5.74, 6) is 0.604. The fourth-order valence-electron chi connectivity index (χ4n) is 2.48. The number of aryl methyl sites for hydroxylation is 1. The zero-order valence-corrected chi connectivity index (χ0v) is 12.8. The molecule has 1 unspecified atom stereocenters. The van der Waals surface area contributed by atoms with Crippen LogP contribution >= 0.6 is 0 Å². The van der Waals surface area contributed by atoms with Gasteiger partial charge < -0.3 is 4.74 Å². The number of anilines is 1. The molecule has 1 heterocycles. The number of hydrogen-bond donors (Lipinski definition) is 0. The van der Waals surface area contributed by atoms with Crippen LogP contribution in [0.2, 0.25) is 0 Å². The Kier molecular flexibility index (Phi) is 3.37. The Balaban J connectivity index is 2.11. The molecule has 5 heteroatoms. The van der Waals surface area contributed by atoms with E-state index in [1.807, 2.05) is 32.0 Å². The number of nitrogens with zero attached hydrogens (tertiary/aromatic N) is 1. The number of fused-ring (bicyclic) bond motifs is 1. The number of hydrogen-bond acceptors (Lipinski definition) is 3. The van der Waals surface area contributed by atoms with E-state index < -0.39 is 10.0 Å². The van der Waals surface area contributed by atoms with Gasteiger partial charge in [0.05, 0.1) is 17.1 Å². The highest BCUT2D eigenvalue weighted by atomic mass is 32.2. The molecule has 1 aliphatic heterocycles. The summed E-state index contributed by atoms with van der Waals surface area (Å²) in [6.45, 7) is 4.07. The lowest BCUT2D eigenvalue weighted by atomic mass is 10.2. The van der Waals surface area contributed by atoms with Crippen LogP contribution in [-0.2, 0) is 10.0 Å². The van der Waals surface area contributed by atoms with Crippen molar-refractivity contribution in [2.45, 2.75) is 24.8 Å². The monoisotopic (exact) mass is 303 g/mol. The van der Waals surface area contributed by atoms with E-state index in [0.29, 0.717) is 22.9 Å². The molecule has 0 radical (unpaired) electrons. The van der Waals surface area contributed by atoms with Gasteiger partial charge in [-0.05, 0) is 43.7 Å². The van der Waals surface area contributed by atoms with Crippen molar-refractivity contribution in [1.29, 1.82) is 0 Å². The predicted octanol–water partition coefficient (Wildman–Crippen LogP) is 2.97. The van der Waals surface area contributed by atoms with Crippen molar-refractivity contribution in [3.8, 4) is 5.75 Å². The molecule has 110 valence electrons. The van der Waals surface area contributed by atoms with Crippen LogP contribution in [0.5, 0.6) is 5.75 Å². The van der Waals surface area contributed by atoms with E-state index in [9.17, 15) is 8.42 Å². The van der Waals surface area contributed by atoms with E-state index in [1.165, 1.54) is 4.31 Å². The van der Waals surface area contributed by atoms with Gasteiger partial charge in [0.25, 0.3) is 10.0 Å². The highest BCUT2D eigenvalue weighted by Crippen LogP contribution is 2.36. The van der Waals surface area contributed by atoms with Crippen LogP contribution in [-0.4, -0.2) is 21.1 Å². The molecular formula is C16H17NO3S. The van der Waals surface area contributed by atoms with E-state index in [-0.39, 0.29) is 6.10 Å². The molecule has 21 heavy (non-hydrogen) atoms. The lowest BCUT2D eigenvalue weighted by Crippen LogP contribution is -2.42. The third-order valence-electron chi connectivity index (χ3n) is 3.46. The zero-order valence-electron chi connectivity index (χ0n) is 12.0. The van der Waals surface area contributed by atoms with Crippen molar-refractivity contribution in [1.82, 2.24) is 0 Å². The standard InChI is InChI=1S/C16H17NO3S/c1-12-6-5-7-14(10-12)21(18,19)17-11-13(2)20-16-9-4-3-8-15(16)17/h3-10,13H,11H2,1-2H3. The number of para-hydroxylation sites is 2. The minimum Gasteiger partial charge on any atom is -0.487 e. The Morgan fingerprint density at radius 3 is 2.67 bits per heavy atom. The van der Waals surface area contributed by atoms with Gasteiger partial charge in [0.1, 0.15) is 11.9 Å². The summed E-state index contributed by atoms with van der Waals surface area (Å²) in [6.07, 6.45) is -0.181. The van der Waals surface area contributed by atoms with Gasteiger partial charge in [0.15, 0.2) is 0 Å². The molecule has 0 aliphatic carbocycles. The van der Waals surface area contributed by atoms with E-state index in [2.05, 4.69) is 0 Å². The van der Waals surface area contributed by atoms with Gasteiger partial charge in [-0.15, -0.1) is 0 Å². The summed E-state index contributed by atoms with van der Waals surface area (Å²) in [5.41, 5.74) is 1.52. The van der Waals surface area contributed by atoms with E-state index in [1.54, 1.807) is 30.3 Å². The molecule has 3 rings (SSSR count). The third kappa shape index (κ3) is 2.49. The summed E-state index contributed by atoms with van der Waals surface area (Å²) in [4.78, 5) is 0.311. The Morgan fingerprint density at radius 2 is 1.90 bits per heavy atom. The van der Waals surface area contributed by atoms with E-state index >= 15 is 0 Å². The zero-order chi connectivity index (χ0) is 15.0. The fraction of sp³-hybridized carbons (Fsp3) is 0.250. The second kappa shape index (κ2) is 5.07. The quantitative estimate of drug-likeness (QED) is 0.857. The summed E-state index contributed by atoms with van der Waals surface area (Å²) >= 11 is 0. The molecule has 0 N–H and O–H groups in total. The van der Waals surface area contributed by atoms with Gasteiger partial charge in [-0.2, -0.15) is 0 Å². The molecule has 0 saturated carbocycles. The van der Waals surface area contributed by atoms with Crippen molar-refractivity contribution in [3.05, 3.63) is 54.1 Å². The van der Waals surface area contributed by atoms with Crippen molar-refractivity contribution >= 4 is 15.7 Å². The average molecular weight is 303 g/mol. The lowest BCUT2D eigenvalue weighted by molar-refractivity contribution is 0.219. The Morgan fingerprint density at radius 1 is 1.14 bits per heavy atom. The van der Waals surface area contributed by atoms with Crippen LogP contribution < -0.4 is 9.04 Å². The molecule has 0 bridgehead atoms. The van der Waals surface area contributed by atoms with Crippen LogP contribution in [0, 0.1) is 6.92 Å². The third-order valence-corrected chi connectivity index (χ3v) is 5.24. The molecule has 0 spiro atoms. The maximum absolute atomic E-state index is 12.9. The highest BCUT2D eigenvalue weighted by Gasteiger charge is 2.32. The fourth-order valence-corrected chi connectivity index (χ4v) is 4.14.